The third-order valence-electron chi connectivity index (χ3n) is 3.20. The smallest absolute Gasteiger partial charge is 0.248 e. The Kier molecular flexibility index (Phi) is 3.50. The van der Waals surface area contributed by atoms with E-state index in [2.05, 4.69) is 19.2 Å². The van der Waals surface area contributed by atoms with Gasteiger partial charge in [0.25, 0.3) is 0 Å². The van der Waals surface area contributed by atoms with Gasteiger partial charge in [0.05, 0.1) is 6.61 Å². The van der Waals surface area contributed by atoms with Crippen LogP contribution in [0, 0.1) is 5.92 Å². The lowest BCUT2D eigenvalue weighted by Crippen LogP contribution is -2.58. The van der Waals surface area contributed by atoms with Gasteiger partial charge in [-0.2, -0.15) is 0 Å². The van der Waals surface area contributed by atoms with Gasteiger partial charge < -0.3 is 15.0 Å². The Bertz CT molecular complexity index is 262. The predicted molar refractivity (Wildman–Crippen MR) is 62.2 cm³/mol. The van der Waals surface area contributed by atoms with Crippen LogP contribution in [0.5, 0.6) is 0 Å². The number of piperazine rings is 1. The lowest BCUT2D eigenvalue weighted by atomic mass is 10.0. The van der Waals surface area contributed by atoms with Crippen LogP contribution in [-0.4, -0.2) is 49.2 Å². The first-order valence-corrected chi connectivity index (χ1v) is 6.17. The SMILES string of the molecule is CC1(C)CN(C(=O)COCC2CC2)CCN1. The van der Waals surface area contributed by atoms with E-state index in [1.54, 1.807) is 0 Å². The van der Waals surface area contributed by atoms with Crippen LogP contribution < -0.4 is 5.32 Å². The maximum absolute atomic E-state index is 11.9. The molecule has 0 aromatic carbocycles. The van der Waals surface area contributed by atoms with Gasteiger partial charge in [-0.3, -0.25) is 4.79 Å². The lowest BCUT2D eigenvalue weighted by Gasteiger charge is -2.39. The number of carbonyl (C=O) groups excluding carboxylic acids is 1. The average molecular weight is 226 g/mol. The Hall–Kier alpha value is -0.610. The van der Waals surface area contributed by atoms with Gasteiger partial charge >= 0.3 is 0 Å². The summed E-state index contributed by atoms with van der Waals surface area (Å²) in [6, 6.07) is 0. The van der Waals surface area contributed by atoms with Crippen LogP contribution in [0.15, 0.2) is 0 Å². The molecule has 2 fully saturated rings. The second-order valence-corrected chi connectivity index (χ2v) is 5.58. The molecule has 0 bridgehead atoms. The van der Waals surface area contributed by atoms with Crippen molar-refractivity contribution in [3.63, 3.8) is 0 Å². The number of hydrogen-bond acceptors (Lipinski definition) is 3. The van der Waals surface area contributed by atoms with Crippen molar-refractivity contribution >= 4 is 5.91 Å². The van der Waals surface area contributed by atoms with Crippen LogP contribution in [0.3, 0.4) is 0 Å². The van der Waals surface area contributed by atoms with Crippen LogP contribution in [0.1, 0.15) is 26.7 Å². The minimum absolute atomic E-state index is 0.0321. The molecule has 2 aliphatic rings. The fraction of sp³-hybridized carbons (Fsp3) is 0.917. The number of amides is 1. The van der Waals surface area contributed by atoms with E-state index >= 15 is 0 Å². The molecule has 0 atom stereocenters. The normalized spacial score (nSPS) is 24.5. The van der Waals surface area contributed by atoms with Crippen LogP contribution in [0.2, 0.25) is 0 Å². The van der Waals surface area contributed by atoms with Gasteiger partial charge in [-0.15, -0.1) is 0 Å². The molecule has 0 unspecified atom stereocenters. The van der Waals surface area contributed by atoms with Crippen molar-refractivity contribution < 1.29 is 9.53 Å². The van der Waals surface area contributed by atoms with E-state index in [-0.39, 0.29) is 18.1 Å². The van der Waals surface area contributed by atoms with Crippen molar-refractivity contribution in [3.8, 4) is 0 Å². The first-order valence-electron chi connectivity index (χ1n) is 6.17. The predicted octanol–water partition coefficient (Wildman–Crippen LogP) is 0.623. The highest BCUT2D eigenvalue weighted by Crippen LogP contribution is 2.28. The van der Waals surface area contributed by atoms with E-state index in [9.17, 15) is 4.79 Å². The Labute approximate surface area is 97.3 Å². The summed E-state index contributed by atoms with van der Waals surface area (Å²) in [5, 5.41) is 3.39. The van der Waals surface area contributed by atoms with Gasteiger partial charge in [-0.1, -0.05) is 0 Å². The van der Waals surface area contributed by atoms with Crippen molar-refractivity contribution in [2.24, 2.45) is 5.92 Å². The molecule has 0 aromatic heterocycles. The molecule has 92 valence electrons. The Morgan fingerprint density at radius 1 is 1.50 bits per heavy atom. The third-order valence-corrected chi connectivity index (χ3v) is 3.20. The fourth-order valence-electron chi connectivity index (χ4n) is 2.04. The van der Waals surface area contributed by atoms with Crippen LogP contribution >= 0.6 is 0 Å². The summed E-state index contributed by atoms with van der Waals surface area (Å²) in [6.07, 6.45) is 2.55. The van der Waals surface area contributed by atoms with Gasteiger partial charge in [0.1, 0.15) is 6.61 Å². The first-order chi connectivity index (χ1) is 7.57. The number of ether oxygens (including phenoxy) is 1. The molecule has 1 aliphatic carbocycles. The molecular weight excluding hydrogens is 204 g/mol. The summed E-state index contributed by atoms with van der Waals surface area (Å²) in [5.74, 6) is 0.863. The quantitative estimate of drug-likeness (QED) is 0.764. The zero-order valence-electron chi connectivity index (χ0n) is 10.3. The highest BCUT2D eigenvalue weighted by Gasteiger charge is 2.29. The molecule has 4 heteroatoms. The van der Waals surface area contributed by atoms with Crippen LogP contribution in [0.25, 0.3) is 0 Å². The summed E-state index contributed by atoms with van der Waals surface area (Å²) >= 11 is 0. The molecule has 0 spiro atoms. The third kappa shape index (κ3) is 3.46. The van der Waals surface area contributed by atoms with Crippen molar-refractivity contribution in [1.29, 1.82) is 0 Å². The Morgan fingerprint density at radius 2 is 2.25 bits per heavy atom. The average Bonchev–Trinajstić information content (AvgIpc) is 3.00. The topological polar surface area (TPSA) is 41.6 Å². The highest BCUT2D eigenvalue weighted by molar-refractivity contribution is 5.77. The summed E-state index contributed by atoms with van der Waals surface area (Å²) in [4.78, 5) is 13.8. The molecule has 1 N–H and O–H groups in total. The maximum atomic E-state index is 11.9. The van der Waals surface area contributed by atoms with E-state index in [4.69, 9.17) is 4.74 Å². The largest absolute Gasteiger partial charge is 0.371 e. The second-order valence-electron chi connectivity index (χ2n) is 5.58. The molecule has 1 heterocycles. The Balaban J connectivity index is 1.70. The van der Waals surface area contributed by atoms with Gasteiger partial charge in [0.2, 0.25) is 5.91 Å². The second kappa shape index (κ2) is 4.72. The standard InChI is InChI=1S/C12H22N2O2/c1-12(2)9-14(6-5-13-12)11(15)8-16-7-10-3-4-10/h10,13H,3-9H2,1-2H3. The molecule has 16 heavy (non-hydrogen) atoms. The fourth-order valence-corrected chi connectivity index (χ4v) is 2.04. The number of rotatable bonds is 4. The van der Waals surface area contributed by atoms with Gasteiger partial charge in [-0.25, -0.2) is 0 Å². The van der Waals surface area contributed by atoms with Crippen LogP contribution in [0.4, 0.5) is 0 Å². The number of nitrogens with zero attached hydrogens (tertiary/aromatic N) is 1. The van der Waals surface area contributed by atoms with Gasteiger partial charge in [0, 0.05) is 25.2 Å². The zero-order valence-corrected chi connectivity index (χ0v) is 10.3. The maximum Gasteiger partial charge on any atom is 0.248 e. The molecule has 1 saturated heterocycles. The minimum Gasteiger partial charge on any atom is -0.371 e. The minimum atomic E-state index is 0.0321. The van der Waals surface area contributed by atoms with Crippen molar-refractivity contribution in [1.82, 2.24) is 10.2 Å². The van der Waals surface area contributed by atoms with Crippen molar-refractivity contribution in [3.05, 3.63) is 0 Å². The van der Waals surface area contributed by atoms with E-state index < -0.39 is 0 Å². The summed E-state index contributed by atoms with van der Waals surface area (Å²) in [7, 11) is 0. The number of carbonyl (C=O) groups is 1. The van der Waals surface area contributed by atoms with E-state index in [1.807, 2.05) is 4.90 Å². The molecule has 1 aliphatic heterocycles. The van der Waals surface area contributed by atoms with Crippen LogP contribution in [-0.2, 0) is 9.53 Å². The molecular formula is C12H22N2O2. The summed E-state index contributed by atoms with van der Waals surface area (Å²) < 4.78 is 5.43. The monoisotopic (exact) mass is 226 g/mol. The number of hydrogen-bond donors (Lipinski definition) is 1. The number of nitrogens with one attached hydrogen (secondary N) is 1. The lowest BCUT2D eigenvalue weighted by molar-refractivity contribution is -0.138. The highest BCUT2D eigenvalue weighted by atomic mass is 16.5. The molecule has 0 aromatic rings. The van der Waals surface area contributed by atoms with E-state index in [0.717, 1.165) is 32.2 Å². The molecule has 1 amide bonds. The van der Waals surface area contributed by atoms with E-state index in [0.29, 0.717) is 0 Å². The Morgan fingerprint density at radius 3 is 2.88 bits per heavy atom. The zero-order chi connectivity index (χ0) is 11.6. The van der Waals surface area contributed by atoms with Crippen molar-refractivity contribution in [2.75, 3.05) is 32.8 Å². The van der Waals surface area contributed by atoms with Gasteiger partial charge in [-0.05, 0) is 32.6 Å². The van der Waals surface area contributed by atoms with Gasteiger partial charge in [0.15, 0.2) is 0 Å². The molecule has 4 nitrogen and oxygen atoms in total. The molecule has 0 radical (unpaired) electrons. The van der Waals surface area contributed by atoms with E-state index in [1.165, 1.54) is 12.8 Å². The van der Waals surface area contributed by atoms with Crippen molar-refractivity contribution in [2.45, 2.75) is 32.2 Å². The summed E-state index contributed by atoms with van der Waals surface area (Å²) in [5.41, 5.74) is 0.0321. The summed E-state index contributed by atoms with van der Waals surface area (Å²) in [6.45, 7) is 7.72. The first kappa shape index (κ1) is 11.9. The molecule has 2 rings (SSSR count). The molecule has 1 saturated carbocycles.